The Bertz CT molecular complexity index is 697. The summed E-state index contributed by atoms with van der Waals surface area (Å²) in [6.07, 6.45) is 4.37. The van der Waals surface area contributed by atoms with E-state index in [1.807, 2.05) is 24.3 Å². The maximum Gasteiger partial charge on any atom is 0.131 e. The van der Waals surface area contributed by atoms with Crippen molar-refractivity contribution in [1.82, 2.24) is 9.97 Å². The zero-order valence-corrected chi connectivity index (χ0v) is 13.9. The smallest absolute Gasteiger partial charge is 0.131 e. The highest BCUT2D eigenvalue weighted by Crippen LogP contribution is 2.29. The molecule has 1 atom stereocenters. The van der Waals surface area contributed by atoms with Gasteiger partial charge in [-0.15, -0.1) is 0 Å². The van der Waals surface area contributed by atoms with Crippen molar-refractivity contribution in [2.45, 2.75) is 12.5 Å². The lowest BCUT2D eigenvalue weighted by molar-refractivity contribution is 0.683. The predicted octanol–water partition coefficient (Wildman–Crippen LogP) is 2.83. The lowest BCUT2D eigenvalue weighted by atomic mass is 10.2. The molecule has 0 aliphatic carbocycles. The largest absolute Gasteiger partial charge is 0.368 e. The number of nitriles is 1. The Labute approximate surface area is 138 Å². The normalized spacial score (nSPS) is 17.3. The average molecular weight is 358 g/mol. The SMILES string of the molecule is CN(c1ccncn1)C1CCN(c2ccc(Br)cc2C#N)C1. The summed E-state index contributed by atoms with van der Waals surface area (Å²) in [6.45, 7) is 1.83. The van der Waals surface area contributed by atoms with Crippen molar-refractivity contribution in [2.75, 3.05) is 29.9 Å². The molecule has 1 aromatic carbocycles. The van der Waals surface area contributed by atoms with Gasteiger partial charge in [0.25, 0.3) is 0 Å². The summed E-state index contributed by atoms with van der Waals surface area (Å²) in [7, 11) is 2.06. The molecule has 1 aliphatic rings. The highest BCUT2D eigenvalue weighted by Gasteiger charge is 2.27. The zero-order valence-electron chi connectivity index (χ0n) is 12.3. The number of anilines is 2. The lowest BCUT2D eigenvalue weighted by Crippen LogP contribution is -2.35. The lowest BCUT2D eigenvalue weighted by Gasteiger charge is -2.26. The quantitative estimate of drug-likeness (QED) is 0.845. The van der Waals surface area contributed by atoms with E-state index in [4.69, 9.17) is 0 Å². The summed E-state index contributed by atoms with van der Waals surface area (Å²) >= 11 is 3.42. The molecule has 1 aromatic heterocycles. The van der Waals surface area contributed by atoms with E-state index in [2.05, 4.69) is 48.8 Å². The Kier molecular flexibility index (Phi) is 4.25. The number of nitrogens with zero attached hydrogens (tertiary/aromatic N) is 5. The second kappa shape index (κ2) is 6.32. The fourth-order valence-electron chi connectivity index (χ4n) is 2.83. The molecule has 1 unspecified atom stereocenters. The van der Waals surface area contributed by atoms with E-state index < -0.39 is 0 Å². The first-order valence-electron chi connectivity index (χ1n) is 7.12. The molecule has 1 fully saturated rings. The van der Waals surface area contributed by atoms with Crippen LogP contribution in [0.25, 0.3) is 0 Å². The van der Waals surface area contributed by atoms with Crippen molar-refractivity contribution in [1.29, 1.82) is 5.26 Å². The standard InChI is InChI=1S/C16H16BrN5/c1-21(16-4-6-19-11-20-16)14-5-7-22(10-14)15-3-2-13(17)8-12(15)9-18/h2-4,6,8,11,14H,5,7,10H2,1H3. The van der Waals surface area contributed by atoms with Crippen LogP contribution in [0.1, 0.15) is 12.0 Å². The van der Waals surface area contributed by atoms with Gasteiger partial charge >= 0.3 is 0 Å². The summed E-state index contributed by atoms with van der Waals surface area (Å²) in [4.78, 5) is 12.7. The molecule has 0 N–H and O–H groups in total. The molecule has 1 aliphatic heterocycles. The fraction of sp³-hybridized carbons (Fsp3) is 0.312. The van der Waals surface area contributed by atoms with E-state index in [-0.39, 0.29) is 0 Å². The Morgan fingerprint density at radius 2 is 2.27 bits per heavy atom. The minimum atomic E-state index is 0.380. The molecule has 0 saturated carbocycles. The van der Waals surface area contributed by atoms with Crippen molar-refractivity contribution in [3.05, 3.63) is 46.8 Å². The molecule has 112 valence electrons. The number of halogens is 1. The van der Waals surface area contributed by atoms with Crippen LogP contribution in [-0.2, 0) is 0 Å². The molecule has 0 amide bonds. The molecule has 0 radical (unpaired) electrons. The van der Waals surface area contributed by atoms with Crippen molar-refractivity contribution in [2.24, 2.45) is 0 Å². The van der Waals surface area contributed by atoms with Crippen LogP contribution in [0.15, 0.2) is 41.3 Å². The molecule has 5 nitrogen and oxygen atoms in total. The Balaban J connectivity index is 1.77. The van der Waals surface area contributed by atoms with Gasteiger partial charge in [-0.1, -0.05) is 15.9 Å². The maximum atomic E-state index is 9.33. The van der Waals surface area contributed by atoms with Gasteiger partial charge in [-0.3, -0.25) is 0 Å². The summed E-state index contributed by atoms with van der Waals surface area (Å²) < 4.78 is 0.932. The van der Waals surface area contributed by atoms with Gasteiger partial charge in [0, 0.05) is 36.8 Å². The van der Waals surface area contributed by atoms with Crippen LogP contribution in [0, 0.1) is 11.3 Å². The van der Waals surface area contributed by atoms with Gasteiger partial charge in [-0.25, -0.2) is 9.97 Å². The van der Waals surface area contributed by atoms with Gasteiger partial charge in [-0.05, 0) is 30.7 Å². The molecular formula is C16H16BrN5. The second-order valence-electron chi connectivity index (χ2n) is 5.34. The maximum absolute atomic E-state index is 9.33. The summed E-state index contributed by atoms with van der Waals surface area (Å²) in [5, 5.41) is 9.33. The minimum Gasteiger partial charge on any atom is -0.368 e. The molecule has 3 rings (SSSR count). The van der Waals surface area contributed by atoms with Gasteiger partial charge < -0.3 is 9.80 Å². The van der Waals surface area contributed by atoms with E-state index in [9.17, 15) is 5.26 Å². The van der Waals surface area contributed by atoms with Crippen LogP contribution in [-0.4, -0.2) is 36.1 Å². The first kappa shape index (κ1) is 14.8. The van der Waals surface area contributed by atoms with E-state index in [1.165, 1.54) is 0 Å². The Hall–Kier alpha value is -2.13. The summed E-state index contributed by atoms with van der Waals surface area (Å²) in [6, 6.07) is 10.4. The van der Waals surface area contributed by atoms with Crippen LogP contribution < -0.4 is 9.80 Å². The van der Waals surface area contributed by atoms with Gasteiger partial charge in [0.15, 0.2) is 0 Å². The van der Waals surface area contributed by atoms with Gasteiger partial charge in [0.2, 0.25) is 0 Å². The van der Waals surface area contributed by atoms with Gasteiger partial charge in [-0.2, -0.15) is 5.26 Å². The monoisotopic (exact) mass is 357 g/mol. The molecule has 1 saturated heterocycles. The van der Waals surface area contributed by atoms with Crippen molar-refractivity contribution in [3.8, 4) is 6.07 Å². The van der Waals surface area contributed by atoms with E-state index >= 15 is 0 Å². The summed E-state index contributed by atoms with van der Waals surface area (Å²) in [5.74, 6) is 0.929. The third kappa shape index (κ3) is 2.90. The van der Waals surface area contributed by atoms with Crippen LogP contribution in [0.4, 0.5) is 11.5 Å². The molecule has 0 bridgehead atoms. The third-order valence-electron chi connectivity index (χ3n) is 4.06. The van der Waals surface area contributed by atoms with E-state index in [0.29, 0.717) is 11.6 Å². The topological polar surface area (TPSA) is 56.1 Å². The number of likely N-dealkylation sites (N-methyl/N-ethyl adjacent to an activating group) is 1. The van der Waals surface area contributed by atoms with Crippen molar-refractivity contribution >= 4 is 27.4 Å². The van der Waals surface area contributed by atoms with E-state index in [0.717, 1.165) is 35.5 Å². The van der Waals surface area contributed by atoms with Gasteiger partial charge in [0.05, 0.1) is 11.3 Å². The van der Waals surface area contributed by atoms with Crippen molar-refractivity contribution < 1.29 is 0 Å². The predicted molar refractivity (Wildman–Crippen MR) is 89.9 cm³/mol. The number of aromatic nitrogens is 2. The number of benzene rings is 1. The first-order valence-corrected chi connectivity index (χ1v) is 7.92. The number of hydrogen-bond donors (Lipinski definition) is 0. The molecule has 2 aromatic rings. The Morgan fingerprint density at radius 1 is 1.41 bits per heavy atom. The third-order valence-corrected chi connectivity index (χ3v) is 4.55. The molecule has 2 heterocycles. The molecule has 22 heavy (non-hydrogen) atoms. The second-order valence-corrected chi connectivity index (χ2v) is 6.26. The highest BCUT2D eigenvalue weighted by molar-refractivity contribution is 9.10. The summed E-state index contributed by atoms with van der Waals surface area (Å²) in [5.41, 5.74) is 1.71. The molecular weight excluding hydrogens is 342 g/mol. The van der Waals surface area contributed by atoms with Crippen LogP contribution in [0.5, 0.6) is 0 Å². The highest BCUT2D eigenvalue weighted by atomic mass is 79.9. The molecule has 6 heteroatoms. The molecule has 0 spiro atoms. The number of rotatable bonds is 3. The average Bonchev–Trinajstić information content (AvgIpc) is 3.04. The fourth-order valence-corrected chi connectivity index (χ4v) is 3.19. The van der Waals surface area contributed by atoms with Crippen LogP contribution in [0.2, 0.25) is 0 Å². The van der Waals surface area contributed by atoms with Gasteiger partial charge in [0.1, 0.15) is 18.2 Å². The van der Waals surface area contributed by atoms with Crippen LogP contribution >= 0.6 is 15.9 Å². The first-order chi connectivity index (χ1) is 10.7. The number of hydrogen-bond acceptors (Lipinski definition) is 5. The Morgan fingerprint density at radius 3 is 3.00 bits per heavy atom. The zero-order chi connectivity index (χ0) is 15.5. The minimum absolute atomic E-state index is 0.380. The van der Waals surface area contributed by atoms with E-state index in [1.54, 1.807) is 12.5 Å². The van der Waals surface area contributed by atoms with Crippen LogP contribution in [0.3, 0.4) is 0 Å². The van der Waals surface area contributed by atoms with Crippen molar-refractivity contribution in [3.63, 3.8) is 0 Å².